The summed E-state index contributed by atoms with van der Waals surface area (Å²) in [5, 5.41) is 5.56. The molecule has 5 rings (SSSR count). The lowest BCUT2D eigenvalue weighted by Crippen LogP contribution is -2.35. The number of aromatic nitrogens is 2. The Labute approximate surface area is 177 Å². The van der Waals surface area contributed by atoms with E-state index in [9.17, 15) is 14.0 Å². The van der Waals surface area contributed by atoms with Crippen molar-refractivity contribution in [2.75, 3.05) is 5.32 Å². The normalized spacial score (nSPS) is 13.2. The number of anilines is 1. The molecule has 1 aliphatic carbocycles. The monoisotopic (exact) mass is 414 g/mol. The standard InChI is InChI=1S/C24H19FN4O2/c25-19-9-8-17(23(30)27-18-11-15-5-1-2-6-16(15)12-18)13-20(19)28-24(31)21-14-26-22-7-3-4-10-29(21)22/h1-10,13-14,18H,11-12H2,(H,27,30)(H,28,31). The highest BCUT2D eigenvalue weighted by atomic mass is 19.1. The summed E-state index contributed by atoms with van der Waals surface area (Å²) in [4.78, 5) is 29.6. The minimum absolute atomic E-state index is 0.00819. The topological polar surface area (TPSA) is 75.5 Å². The molecule has 2 amide bonds. The fourth-order valence-corrected chi connectivity index (χ4v) is 3.98. The zero-order valence-electron chi connectivity index (χ0n) is 16.5. The number of fused-ring (bicyclic) bond motifs is 2. The van der Waals surface area contributed by atoms with Crippen molar-refractivity contribution in [3.8, 4) is 0 Å². The van der Waals surface area contributed by atoms with E-state index in [1.165, 1.54) is 35.5 Å². The van der Waals surface area contributed by atoms with E-state index in [2.05, 4.69) is 27.8 Å². The van der Waals surface area contributed by atoms with Crippen LogP contribution in [0.1, 0.15) is 32.0 Å². The summed E-state index contributed by atoms with van der Waals surface area (Å²) in [6, 6.07) is 17.4. The third kappa shape index (κ3) is 3.66. The van der Waals surface area contributed by atoms with Gasteiger partial charge >= 0.3 is 0 Å². The summed E-state index contributed by atoms with van der Waals surface area (Å²) in [7, 11) is 0. The third-order valence-corrected chi connectivity index (χ3v) is 5.51. The molecule has 2 N–H and O–H groups in total. The van der Waals surface area contributed by atoms with Crippen LogP contribution in [0.2, 0.25) is 0 Å². The van der Waals surface area contributed by atoms with Crippen LogP contribution in [0.3, 0.4) is 0 Å². The molecule has 31 heavy (non-hydrogen) atoms. The Hall–Kier alpha value is -4.00. The quantitative estimate of drug-likeness (QED) is 0.536. The lowest BCUT2D eigenvalue weighted by atomic mass is 10.1. The summed E-state index contributed by atoms with van der Waals surface area (Å²) in [5.74, 6) is -1.43. The molecule has 0 unspecified atom stereocenters. The van der Waals surface area contributed by atoms with E-state index >= 15 is 0 Å². The minimum Gasteiger partial charge on any atom is -0.349 e. The van der Waals surface area contributed by atoms with E-state index in [0.717, 1.165) is 12.8 Å². The van der Waals surface area contributed by atoms with Crippen molar-refractivity contribution in [2.24, 2.45) is 0 Å². The second kappa shape index (κ2) is 7.68. The number of carbonyl (C=O) groups excluding carboxylic acids is 2. The summed E-state index contributed by atoms with van der Waals surface area (Å²) in [6.45, 7) is 0. The average molecular weight is 414 g/mol. The predicted octanol–water partition coefficient (Wildman–Crippen LogP) is 3.62. The van der Waals surface area contributed by atoms with Crippen LogP contribution >= 0.6 is 0 Å². The Morgan fingerprint density at radius 1 is 0.968 bits per heavy atom. The van der Waals surface area contributed by atoms with E-state index in [-0.39, 0.29) is 28.9 Å². The number of rotatable bonds is 4. The van der Waals surface area contributed by atoms with Crippen molar-refractivity contribution in [3.05, 3.63) is 101 Å². The molecule has 0 spiro atoms. The molecule has 0 saturated heterocycles. The second-order valence-electron chi connectivity index (χ2n) is 7.57. The first-order chi connectivity index (χ1) is 15.1. The van der Waals surface area contributed by atoms with E-state index in [1.54, 1.807) is 22.7 Å². The van der Waals surface area contributed by atoms with Crippen LogP contribution in [0, 0.1) is 5.82 Å². The maximum Gasteiger partial charge on any atom is 0.274 e. The number of halogens is 1. The molecule has 0 atom stereocenters. The lowest BCUT2D eigenvalue weighted by molar-refractivity contribution is 0.0937. The van der Waals surface area contributed by atoms with Gasteiger partial charge in [-0.25, -0.2) is 9.37 Å². The number of nitrogens with one attached hydrogen (secondary N) is 2. The van der Waals surface area contributed by atoms with Crippen molar-refractivity contribution in [1.82, 2.24) is 14.7 Å². The molecular formula is C24H19FN4O2. The van der Waals surface area contributed by atoms with Gasteiger partial charge in [-0.1, -0.05) is 30.3 Å². The first-order valence-corrected chi connectivity index (χ1v) is 9.99. The van der Waals surface area contributed by atoms with E-state index in [4.69, 9.17) is 0 Å². The van der Waals surface area contributed by atoms with Gasteiger partial charge in [-0.3, -0.25) is 14.0 Å². The Balaban J connectivity index is 1.32. The van der Waals surface area contributed by atoms with Crippen LogP contribution in [0.5, 0.6) is 0 Å². The number of carbonyl (C=O) groups is 2. The molecule has 2 aromatic heterocycles. The molecule has 0 saturated carbocycles. The van der Waals surface area contributed by atoms with E-state index < -0.39 is 11.7 Å². The van der Waals surface area contributed by atoms with Gasteiger partial charge in [0, 0.05) is 17.8 Å². The molecule has 2 aromatic carbocycles. The molecule has 6 nitrogen and oxygen atoms in total. The number of hydrogen-bond donors (Lipinski definition) is 2. The highest BCUT2D eigenvalue weighted by molar-refractivity contribution is 6.04. The SMILES string of the molecule is O=C(NC1Cc2ccccc2C1)c1ccc(F)c(NC(=O)c2cnc3ccccn23)c1. The third-order valence-electron chi connectivity index (χ3n) is 5.51. The fraction of sp³-hybridized carbons (Fsp3) is 0.125. The second-order valence-corrected chi connectivity index (χ2v) is 7.57. The minimum atomic E-state index is -0.619. The highest BCUT2D eigenvalue weighted by Gasteiger charge is 2.23. The highest BCUT2D eigenvalue weighted by Crippen LogP contribution is 2.23. The summed E-state index contributed by atoms with van der Waals surface area (Å²) >= 11 is 0. The summed E-state index contributed by atoms with van der Waals surface area (Å²) < 4.78 is 16.0. The maximum absolute atomic E-state index is 14.4. The number of benzene rings is 2. The maximum atomic E-state index is 14.4. The molecule has 0 fully saturated rings. The van der Waals surface area contributed by atoms with E-state index in [1.807, 2.05) is 18.2 Å². The fourth-order valence-electron chi connectivity index (χ4n) is 3.98. The molecule has 4 aromatic rings. The van der Waals surface area contributed by atoms with Crippen LogP contribution in [0.25, 0.3) is 5.65 Å². The van der Waals surface area contributed by atoms with Gasteiger partial charge in [0.25, 0.3) is 11.8 Å². The average Bonchev–Trinajstić information content (AvgIpc) is 3.38. The van der Waals surface area contributed by atoms with Crippen LogP contribution in [-0.4, -0.2) is 27.2 Å². The van der Waals surface area contributed by atoms with Gasteiger partial charge in [-0.05, 0) is 54.3 Å². The van der Waals surface area contributed by atoms with Gasteiger partial charge in [-0.2, -0.15) is 0 Å². The number of amides is 2. The largest absolute Gasteiger partial charge is 0.349 e. The Kier molecular flexibility index (Phi) is 4.71. The first kappa shape index (κ1) is 19.0. The van der Waals surface area contributed by atoms with Gasteiger partial charge in [-0.15, -0.1) is 0 Å². The van der Waals surface area contributed by atoms with Crippen LogP contribution in [0.4, 0.5) is 10.1 Å². The van der Waals surface area contributed by atoms with Gasteiger partial charge in [0.2, 0.25) is 0 Å². The Bertz CT molecular complexity index is 1290. The number of pyridine rings is 1. The van der Waals surface area contributed by atoms with Crippen LogP contribution in [0.15, 0.2) is 73.1 Å². The zero-order valence-corrected chi connectivity index (χ0v) is 16.5. The molecule has 154 valence electrons. The number of nitrogens with zero attached hydrogens (tertiary/aromatic N) is 2. The molecule has 2 heterocycles. The van der Waals surface area contributed by atoms with Crippen molar-refractivity contribution in [3.63, 3.8) is 0 Å². The van der Waals surface area contributed by atoms with E-state index in [0.29, 0.717) is 5.65 Å². The smallest absolute Gasteiger partial charge is 0.274 e. The molecule has 1 aliphatic rings. The Morgan fingerprint density at radius 2 is 1.71 bits per heavy atom. The van der Waals surface area contributed by atoms with Gasteiger partial charge in [0.1, 0.15) is 17.2 Å². The predicted molar refractivity (Wildman–Crippen MR) is 115 cm³/mol. The van der Waals surface area contributed by atoms with Crippen molar-refractivity contribution >= 4 is 23.1 Å². The van der Waals surface area contributed by atoms with Crippen molar-refractivity contribution in [1.29, 1.82) is 0 Å². The van der Waals surface area contributed by atoms with Crippen LogP contribution < -0.4 is 10.6 Å². The van der Waals surface area contributed by atoms with Crippen molar-refractivity contribution in [2.45, 2.75) is 18.9 Å². The van der Waals surface area contributed by atoms with Gasteiger partial charge < -0.3 is 10.6 Å². The molecular weight excluding hydrogens is 395 g/mol. The summed E-state index contributed by atoms with van der Waals surface area (Å²) in [6.07, 6.45) is 4.66. The number of hydrogen-bond acceptors (Lipinski definition) is 3. The molecule has 0 radical (unpaired) electrons. The Morgan fingerprint density at radius 3 is 2.48 bits per heavy atom. The molecule has 0 aliphatic heterocycles. The van der Waals surface area contributed by atoms with Crippen LogP contribution in [-0.2, 0) is 12.8 Å². The molecule has 0 bridgehead atoms. The number of imidazole rings is 1. The van der Waals surface area contributed by atoms with Gasteiger partial charge in [0.15, 0.2) is 0 Å². The lowest BCUT2D eigenvalue weighted by Gasteiger charge is -2.13. The van der Waals surface area contributed by atoms with Crippen molar-refractivity contribution < 1.29 is 14.0 Å². The van der Waals surface area contributed by atoms with Gasteiger partial charge in [0.05, 0.1) is 11.9 Å². The molecule has 7 heteroatoms. The first-order valence-electron chi connectivity index (χ1n) is 9.99. The summed E-state index contributed by atoms with van der Waals surface area (Å²) in [5.41, 5.74) is 3.57. The zero-order chi connectivity index (χ0) is 21.4.